The third-order valence-electron chi connectivity index (χ3n) is 4.85. The predicted molar refractivity (Wildman–Crippen MR) is 114 cm³/mol. The standard InChI is InChI=1S/C20H15N5O2S2/c21-29(26,27)14-3-1-2-12(8-14)9-17-16-6-7-28-20(16)15-5-4-13(10-18(15)23-17)19-11-22-25-24-19/h1-8,10H,9,11H2,(H2,21,26,27). The van der Waals surface area contributed by atoms with E-state index in [1.54, 1.807) is 23.5 Å². The Morgan fingerprint density at radius 1 is 1.07 bits per heavy atom. The van der Waals surface area contributed by atoms with Gasteiger partial charge in [-0.3, -0.25) is 4.98 Å². The molecule has 1 aliphatic rings. The molecule has 2 aromatic carbocycles. The summed E-state index contributed by atoms with van der Waals surface area (Å²) in [6.45, 7) is 0.472. The number of hydrogen-bond acceptors (Lipinski definition) is 7. The Kier molecular flexibility index (Phi) is 4.23. The zero-order chi connectivity index (χ0) is 20.0. The number of nitrogens with zero attached hydrogens (tertiary/aromatic N) is 4. The minimum atomic E-state index is -3.75. The van der Waals surface area contributed by atoms with Crippen molar-refractivity contribution in [3.05, 3.63) is 70.7 Å². The normalized spacial score (nSPS) is 14.0. The molecular formula is C20H15N5O2S2. The molecule has 2 aromatic heterocycles. The molecule has 29 heavy (non-hydrogen) atoms. The molecule has 0 saturated heterocycles. The molecule has 0 amide bonds. The minimum Gasteiger partial charge on any atom is -0.252 e. The number of aromatic nitrogens is 1. The van der Waals surface area contributed by atoms with Crippen molar-refractivity contribution < 1.29 is 8.42 Å². The number of benzene rings is 2. The highest BCUT2D eigenvalue weighted by atomic mass is 32.2. The highest BCUT2D eigenvalue weighted by molar-refractivity contribution is 7.89. The van der Waals surface area contributed by atoms with Gasteiger partial charge in [-0.05, 0) is 40.4 Å². The van der Waals surface area contributed by atoms with Gasteiger partial charge in [0.1, 0.15) is 6.54 Å². The Hall–Kier alpha value is -3.01. The van der Waals surface area contributed by atoms with Gasteiger partial charge in [-0.2, -0.15) is 5.11 Å². The van der Waals surface area contributed by atoms with Crippen molar-refractivity contribution in [2.24, 2.45) is 20.6 Å². The van der Waals surface area contributed by atoms with Gasteiger partial charge in [0.25, 0.3) is 0 Å². The molecular weight excluding hydrogens is 406 g/mol. The lowest BCUT2D eigenvalue weighted by atomic mass is 10.0. The fraction of sp³-hybridized carbons (Fsp3) is 0.100. The molecule has 0 radical (unpaired) electrons. The van der Waals surface area contributed by atoms with Gasteiger partial charge < -0.3 is 0 Å². The lowest BCUT2D eigenvalue weighted by Crippen LogP contribution is -2.12. The van der Waals surface area contributed by atoms with Gasteiger partial charge >= 0.3 is 0 Å². The van der Waals surface area contributed by atoms with Crippen molar-refractivity contribution in [1.82, 2.24) is 4.98 Å². The Morgan fingerprint density at radius 3 is 2.76 bits per heavy atom. The van der Waals surface area contributed by atoms with Crippen LogP contribution in [0.25, 0.3) is 21.0 Å². The topological polar surface area (TPSA) is 110 Å². The quantitative estimate of drug-likeness (QED) is 0.540. The number of fused-ring (bicyclic) bond motifs is 3. The average Bonchev–Trinajstić information content (AvgIpc) is 3.39. The maximum Gasteiger partial charge on any atom is 0.238 e. The van der Waals surface area contributed by atoms with Crippen LogP contribution in [0.5, 0.6) is 0 Å². The first-order valence-corrected chi connectivity index (χ1v) is 11.3. The van der Waals surface area contributed by atoms with E-state index in [4.69, 9.17) is 10.1 Å². The summed E-state index contributed by atoms with van der Waals surface area (Å²) in [6, 6.07) is 14.8. The lowest BCUT2D eigenvalue weighted by Gasteiger charge is -2.09. The van der Waals surface area contributed by atoms with Gasteiger partial charge in [0.2, 0.25) is 10.0 Å². The monoisotopic (exact) mass is 421 g/mol. The van der Waals surface area contributed by atoms with Crippen LogP contribution in [-0.4, -0.2) is 25.7 Å². The SMILES string of the molecule is NS(=O)(=O)c1cccc(Cc2nc3cc(C4=NN=NC4)ccc3c3sccc23)c1. The maximum atomic E-state index is 11.7. The fourth-order valence-corrected chi connectivity index (χ4v) is 5.01. The Labute approximate surface area is 170 Å². The van der Waals surface area contributed by atoms with Crippen molar-refractivity contribution in [2.75, 3.05) is 6.54 Å². The summed E-state index contributed by atoms with van der Waals surface area (Å²) in [6.07, 6.45) is 0.502. The first-order valence-electron chi connectivity index (χ1n) is 8.84. The minimum absolute atomic E-state index is 0.103. The van der Waals surface area contributed by atoms with E-state index < -0.39 is 10.0 Å². The van der Waals surface area contributed by atoms with Crippen LogP contribution in [0.4, 0.5) is 0 Å². The van der Waals surface area contributed by atoms with E-state index in [2.05, 4.69) is 27.6 Å². The second-order valence-electron chi connectivity index (χ2n) is 6.76. The van der Waals surface area contributed by atoms with Crippen LogP contribution >= 0.6 is 11.3 Å². The summed E-state index contributed by atoms with van der Waals surface area (Å²) in [5, 5.41) is 21.1. The van der Waals surface area contributed by atoms with Crippen molar-refractivity contribution in [3.63, 3.8) is 0 Å². The number of hydrogen-bond donors (Lipinski definition) is 1. The zero-order valence-electron chi connectivity index (χ0n) is 15.1. The van der Waals surface area contributed by atoms with Crippen LogP contribution in [0.15, 0.2) is 74.2 Å². The van der Waals surface area contributed by atoms with Crippen LogP contribution < -0.4 is 5.14 Å². The third kappa shape index (κ3) is 3.33. The molecule has 0 saturated carbocycles. The molecule has 2 N–H and O–H groups in total. The van der Waals surface area contributed by atoms with E-state index in [1.165, 1.54) is 6.07 Å². The molecule has 0 fully saturated rings. The van der Waals surface area contributed by atoms with E-state index in [-0.39, 0.29) is 4.90 Å². The van der Waals surface area contributed by atoms with E-state index in [9.17, 15) is 8.42 Å². The summed E-state index contributed by atoms with van der Waals surface area (Å²) in [7, 11) is -3.75. The van der Waals surface area contributed by atoms with E-state index in [0.717, 1.165) is 43.5 Å². The molecule has 144 valence electrons. The molecule has 0 aliphatic carbocycles. The van der Waals surface area contributed by atoms with Crippen LogP contribution in [0.1, 0.15) is 16.8 Å². The van der Waals surface area contributed by atoms with Crippen molar-refractivity contribution >= 4 is 48.1 Å². The molecule has 4 aromatic rings. The van der Waals surface area contributed by atoms with E-state index in [0.29, 0.717) is 13.0 Å². The molecule has 0 unspecified atom stereocenters. The number of pyridine rings is 1. The van der Waals surface area contributed by atoms with Crippen LogP contribution in [0.3, 0.4) is 0 Å². The third-order valence-corrected chi connectivity index (χ3v) is 6.71. The lowest BCUT2D eigenvalue weighted by molar-refractivity contribution is 0.597. The Morgan fingerprint density at radius 2 is 1.97 bits per heavy atom. The molecule has 1 aliphatic heterocycles. The van der Waals surface area contributed by atoms with Gasteiger partial charge in [0.15, 0.2) is 0 Å². The molecule has 3 heterocycles. The maximum absolute atomic E-state index is 11.7. The van der Waals surface area contributed by atoms with Gasteiger partial charge in [-0.1, -0.05) is 24.3 Å². The van der Waals surface area contributed by atoms with Crippen LogP contribution in [0.2, 0.25) is 0 Å². The van der Waals surface area contributed by atoms with E-state index >= 15 is 0 Å². The smallest absolute Gasteiger partial charge is 0.238 e. The van der Waals surface area contributed by atoms with Gasteiger partial charge in [-0.15, -0.1) is 16.4 Å². The molecule has 7 nitrogen and oxygen atoms in total. The number of nitrogens with two attached hydrogens (primary N) is 1. The van der Waals surface area contributed by atoms with Crippen molar-refractivity contribution in [3.8, 4) is 0 Å². The second kappa shape index (κ2) is 6.80. The molecule has 9 heteroatoms. The number of rotatable bonds is 4. The summed E-state index contributed by atoms with van der Waals surface area (Å²) in [4.78, 5) is 5.01. The highest BCUT2D eigenvalue weighted by Gasteiger charge is 2.15. The fourth-order valence-electron chi connectivity index (χ4n) is 3.47. The summed E-state index contributed by atoms with van der Waals surface area (Å²) < 4.78 is 24.5. The van der Waals surface area contributed by atoms with Gasteiger partial charge in [0, 0.05) is 27.5 Å². The molecule has 0 bridgehead atoms. The summed E-state index contributed by atoms with van der Waals surface area (Å²) in [5.74, 6) is 0. The number of primary sulfonamides is 1. The Balaban J connectivity index is 1.63. The zero-order valence-corrected chi connectivity index (χ0v) is 16.7. The molecule has 0 spiro atoms. The van der Waals surface area contributed by atoms with Crippen molar-refractivity contribution in [1.29, 1.82) is 0 Å². The summed E-state index contributed by atoms with van der Waals surface area (Å²) >= 11 is 1.66. The number of sulfonamides is 1. The van der Waals surface area contributed by atoms with Crippen molar-refractivity contribution in [2.45, 2.75) is 11.3 Å². The first-order chi connectivity index (χ1) is 14.0. The molecule has 0 atom stereocenters. The molecule has 5 rings (SSSR count). The Bertz CT molecular complexity index is 1440. The summed E-state index contributed by atoms with van der Waals surface area (Å²) in [5.41, 5.74) is 4.37. The highest BCUT2D eigenvalue weighted by Crippen LogP contribution is 2.32. The van der Waals surface area contributed by atoms with Crippen LogP contribution in [0, 0.1) is 0 Å². The first kappa shape index (κ1) is 18.0. The predicted octanol–water partition coefficient (Wildman–Crippen LogP) is 3.86. The van der Waals surface area contributed by atoms with Gasteiger partial charge in [0.05, 0.1) is 21.8 Å². The number of thiophene rings is 1. The average molecular weight is 422 g/mol. The van der Waals surface area contributed by atoms with Gasteiger partial charge in [-0.25, -0.2) is 13.6 Å². The second-order valence-corrected chi connectivity index (χ2v) is 9.24. The largest absolute Gasteiger partial charge is 0.252 e. The van der Waals surface area contributed by atoms with E-state index in [1.807, 2.05) is 23.6 Å². The van der Waals surface area contributed by atoms with Crippen LogP contribution in [-0.2, 0) is 16.4 Å².